The Morgan fingerprint density at radius 3 is 1.22 bits per heavy atom. The van der Waals surface area contributed by atoms with E-state index in [9.17, 15) is 29.1 Å². The number of carboxylic acid groups (broad SMARTS) is 4. The molecule has 0 amide bonds. The molecule has 7 N–H and O–H groups in total. The minimum absolute atomic E-state index is 0.153. The average molecular weight is 595 g/mol. The van der Waals surface area contributed by atoms with Crippen molar-refractivity contribution in [1.29, 1.82) is 0 Å². The molecule has 0 aliphatic rings. The Labute approximate surface area is 241 Å². The Hall–Kier alpha value is -2.77. The van der Waals surface area contributed by atoms with Crippen LogP contribution in [0, 0.1) is 0 Å². The number of carboxylic acids is 4. The molecule has 240 valence electrons. The molecule has 0 radical (unpaired) electrons. The first-order valence-corrected chi connectivity index (χ1v) is 14.4. The molecular formula is C28H50O13. The lowest BCUT2D eigenvalue weighted by atomic mass is 9.96. The van der Waals surface area contributed by atoms with Gasteiger partial charge in [0.2, 0.25) is 0 Å². The van der Waals surface area contributed by atoms with Gasteiger partial charge in [-0.1, -0.05) is 103 Å². The molecular weight excluding hydrogens is 544 g/mol. The largest absolute Gasteiger partial charge is 0.481 e. The number of aliphatic hydroxyl groups excluding tert-OH is 2. The van der Waals surface area contributed by atoms with Crippen molar-refractivity contribution in [3.05, 3.63) is 0 Å². The van der Waals surface area contributed by atoms with Crippen LogP contribution in [-0.4, -0.2) is 90.0 Å². The zero-order valence-corrected chi connectivity index (χ0v) is 24.2. The highest BCUT2D eigenvalue weighted by Gasteiger charge is 2.41. The predicted molar refractivity (Wildman–Crippen MR) is 147 cm³/mol. The lowest BCUT2D eigenvalue weighted by Crippen LogP contribution is -2.43. The molecule has 0 aromatic rings. The number of ether oxygens (including phenoxy) is 1. The van der Waals surface area contributed by atoms with E-state index in [2.05, 4.69) is 6.92 Å². The normalized spacial score (nSPS) is 13.7. The van der Waals surface area contributed by atoms with Gasteiger partial charge < -0.3 is 40.5 Å². The van der Waals surface area contributed by atoms with Gasteiger partial charge in [-0.3, -0.25) is 9.59 Å². The zero-order chi connectivity index (χ0) is 31.7. The summed E-state index contributed by atoms with van der Waals surface area (Å²) >= 11 is 0. The number of aliphatic carboxylic acids is 4. The molecule has 0 saturated carbocycles. The lowest BCUT2D eigenvalue weighted by molar-refractivity contribution is -0.172. The minimum Gasteiger partial charge on any atom is -0.481 e. The third-order valence-electron chi connectivity index (χ3n) is 6.34. The molecule has 0 spiro atoms. The van der Waals surface area contributed by atoms with Gasteiger partial charge in [0.25, 0.3) is 0 Å². The molecule has 0 bridgehead atoms. The first kappa shape index (κ1) is 40.4. The van der Waals surface area contributed by atoms with Crippen LogP contribution >= 0.6 is 0 Å². The van der Waals surface area contributed by atoms with Crippen LogP contribution in [0.5, 0.6) is 0 Å². The molecule has 13 heteroatoms. The van der Waals surface area contributed by atoms with Crippen LogP contribution in [0.15, 0.2) is 0 Å². The molecule has 0 aliphatic carbocycles. The number of unbranched alkanes of at least 4 members (excludes halogenated alkanes) is 15. The second-order valence-corrected chi connectivity index (χ2v) is 10.2. The predicted octanol–water partition coefficient (Wildman–Crippen LogP) is 3.35. The van der Waals surface area contributed by atoms with Gasteiger partial charge in [0.05, 0.1) is 19.4 Å². The fourth-order valence-electron chi connectivity index (χ4n) is 3.86. The number of rotatable bonds is 25. The zero-order valence-electron chi connectivity index (χ0n) is 24.2. The van der Waals surface area contributed by atoms with E-state index in [1.165, 1.54) is 77.0 Å². The first-order chi connectivity index (χ1) is 19.3. The highest BCUT2D eigenvalue weighted by Crippen LogP contribution is 2.17. The monoisotopic (exact) mass is 594 g/mol. The number of aliphatic hydroxyl groups is 3. The number of esters is 1. The third kappa shape index (κ3) is 23.6. The van der Waals surface area contributed by atoms with E-state index in [1.54, 1.807) is 0 Å². The Morgan fingerprint density at radius 1 is 0.585 bits per heavy atom. The summed E-state index contributed by atoms with van der Waals surface area (Å²) in [5.41, 5.74) is -2.63. The van der Waals surface area contributed by atoms with Gasteiger partial charge in [-0.05, 0) is 6.42 Å². The maximum Gasteiger partial charge on any atom is 0.336 e. The molecule has 13 nitrogen and oxygen atoms in total. The van der Waals surface area contributed by atoms with Crippen molar-refractivity contribution < 1.29 is 64.5 Å². The van der Waals surface area contributed by atoms with Crippen molar-refractivity contribution >= 4 is 29.8 Å². The van der Waals surface area contributed by atoms with Crippen LogP contribution in [-0.2, 0) is 28.7 Å². The van der Waals surface area contributed by atoms with Crippen LogP contribution in [0.4, 0.5) is 0 Å². The fourth-order valence-corrected chi connectivity index (χ4v) is 3.86. The molecule has 0 fully saturated rings. The fraction of sp³-hybridized carbons (Fsp3) is 0.821. The maximum absolute atomic E-state index is 11.7. The van der Waals surface area contributed by atoms with Gasteiger partial charge in [-0.2, -0.15) is 0 Å². The summed E-state index contributed by atoms with van der Waals surface area (Å²) in [6, 6.07) is 0. The third-order valence-corrected chi connectivity index (χ3v) is 6.34. The van der Waals surface area contributed by atoms with E-state index in [0.29, 0.717) is 6.42 Å². The maximum atomic E-state index is 11.7. The summed E-state index contributed by atoms with van der Waals surface area (Å²) in [6.45, 7) is 2.40. The van der Waals surface area contributed by atoms with E-state index in [-0.39, 0.29) is 6.61 Å². The molecule has 0 heterocycles. The molecule has 41 heavy (non-hydrogen) atoms. The smallest absolute Gasteiger partial charge is 0.336 e. The summed E-state index contributed by atoms with van der Waals surface area (Å²) in [7, 11) is 0. The first-order valence-electron chi connectivity index (χ1n) is 14.4. The quantitative estimate of drug-likeness (QED) is 0.0593. The molecule has 3 unspecified atom stereocenters. The van der Waals surface area contributed by atoms with Crippen LogP contribution in [0.2, 0.25) is 0 Å². The van der Waals surface area contributed by atoms with Crippen molar-refractivity contribution in [2.75, 3.05) is 6.61 Å². The summed E-state index contributed by atoms with van der Waals surface area (Å²) in [5, 5.41) is 59.9. The summed E-state index contributed by atoms with van der Waals surface area (Å²) in [6.07, 6.45) is 13.4. The lowest BCUT2D eigenvalue weighted by Gasteiger charge is -2.20. The highest BCUT2D eigenvalue weighted by molar-refractivity contribution is 5.88. The van der Waals surface area contributed by atoms with Gasteiger partial charge in [-0.25, -0.2) is 14.4 Å². The molecule has 0 aliphatic heterocycles. The standard InChI is InChI=1S/C24H44O7.C4H6O6/c1-2-3-4-5-6-7-8-9-10-11-12-13-14-15-16-17-18-31-22(27)20-24(30,23(28)29)19-21(25)26;5-1(3(7)8)2(6)4(9)10/h30H,2-20H2,1H3,(H,25,26)(H,28,29);1-2,5-6H,(H,7,8)(H,9,10). The molecule has 0 rings (SSSR count). The number of carbonyl (C=O) groups excluding carboxylic acids is 1. The Bertz CT molecular complexity index is 737. The van der Waals surface area contributed by atoms with Crippen molar-refractivity contribution in [2.45, 2.75) is 140 Å². The van der Waals surface area contributed by atoms with E-state index < -0.39 is 60.5 Å². The highest BCUT2D eigenvalue weighted by atomic mass is 16.5. The van der Waals surface area contributed by atoms with Crippen molar-refractivity contribution in [3.63, 3.8) is 0 Å². The van der Waals surface area contributed by atoms with Gasteiger partial charge >= 0.3 is 29.8 Å². The minimum atomic E-state index is -2.63. The van der Waals surface area contributed by atoms with Gasteiger partial charge in [0.1, 0.15) is 0 Å². The molecule has 0 aromatic carbocycles. The topological polar surface area (TPSA) is 236 Å². The number of carbonyl (C=O) groups is 5. The second-order valence-electron chi connectivity index (χ2n) is 10.2. The van der Waals surface area contributed by atoms with Crippen LogP contribution in [0.3, 0.4) is 0 Å². The van der Waals surface area contributed by atoms with E-state index in [0.717, 1.165) is 19.3 Å². The average Bonchev–Trinajstić information content (AvgIpc) is 2.89. The van der Waals surface area contributed by atoms with Crippen molar-refractivity contribution in [2.24, 2.45) is 0 Å². The summed E-state index contributed by atoms with van der Waals surface area (Å²) in [5.74, 6) is -7.67. The van der Waals surface area contributed by atoms with Crippen LogP contribution in [0.25, 0.3) is 0 Å². The Kier molecular flexibility index (Phi) is 24.6. The van der Waals surface area contributed by atoms with E-state index in [1.807, 2.05) is 0 Å². The second kappa shape index (κ2) is 25.0. The van der Waals surface area contributed by atoms with Crippen LogP contribution in [0.1, 0.15) is 122 Å². The van der Waals surface area contributed by atoms with Crippen LogP contribution < -0.4 is 0 Å². The summed E-state index contributed by atoms with van der Waals surface area (Å²) in [4.78, 5) is 52.9. The Morgan fingerprint density at radius 2 is 0.927 bits per heavy atom. The molecule has 0 aromatic heterocycles. The molecule has 0 saturated heterocycles. The van der Waals surface area contributed by atoms with Crippen molar-refractivity contribution in [3.8, 4) is 0 Å². The number of hydrogen-bond acceptors (Lipinski definition) is 9. The summed E-state index contributed by atoms with van der Waals surface area (Å²) < 4.78 is 4.93. The molecule has 3 atom stereocenters. The van der Waals surface area contributed by atoms with Gasteiger partial charge in [-0.15, -0.1) is 0 Å². The van der Waals surface area contributed by atoms with Gasteiger partial charge in [0, 0.05) is 0 Å². The van der Waals surface area contributed by atoms with E-state index in [4.69, 9.17) is 35.4 Å². The number of hydrogen-bond donors (Lipinski definition) is 7. The SMILES string of the molecule is CCCCCCCCCCCCCCCCCCOC(=O)CC(O)(CC(=O)O)C(=O)O.O=C(O)C(O)C(O)C(=O)O. The van der Waals surface area contributed by atoms with E-state index >= 15 is 0 Å². The van der Waals surface area contributed by atoms with Gasteiger partial charge in [0.15, 0.2) is 17.8 Å². The Balaban J connectivity index is 0. The van der Waals surface area contributed by atoms with Crippen molar-refractivity contribution in [1.82, 2.24) is 0 Å².